The van der Waals surface area contributed by atoms with Crippen LogP contribution >= 0.6 is 0 Å². The maximum absolute atomic E-state index is 11.1. The Hall–Kier alpha value is -1.76. The summed E-state index contributed by atoms with van der Waals surface area (Å²) in [5, 5.41) is 10.7. The second kappa shape index (κ2) is 4.31. The Morgan fingerprint density at radius 2 is 2.54 bits per heavy atom. The van der Waals surface area contributed by atoms with Crippen LogP contribution in [-0.4, -0.2) is 17.0 Å². The van der Waals surface area contributed by atoms with Gasteiger partial charge >= 0.3 is 0 Å². The second-order valence-corrected chi connectivity index (χ2v) is 2.80. The maximum atomic E-state index is 11.1. The minimum absolute atomic E-state index is 0.0751. The van der Waals surface area contributed by atoms with Crippen LogP contribution in [0.2, 0.25) is 0 Å². The van der Waals surface area contributed by atoms with Gasteiger partial charge in [-0.3, -0.25) is 4.79 Å². The molecule has 0 aliphatic heterocycles. The number of carbonyl (C=O) groups excluding carboxylic acids is 1. The third kappa shape index (κ3) is 2.99. The highest BCUT2D eigenvalue weighted by Gasteiger charge is 2.02. The molecule has 0 fully saturated rings. The minimum Gasteiger partial charge on any atom is -0.357 e. The first-order valence-corrected chi connectivity index (χ1v) is 3.97. The lowest BCUT2D eigenvalue weighted by Gasteiger charge is -1.97. The fourth-order valence-electron chi connectivity index (χ4n) is 1.05. The molecule has 0 saturated heterocycles. The van der Waals surface area contributed by atoms with E-state index in [9.17, 15) is 4.79 Å². The van der Waals surface area contributed by atoms with Crippen molar-refractivity contribution in [1.29, 1.82) is 5.26 Å². The largest absolute Gasteiger partial charge is 0.357 e. The molecule has 1 amide bonds. The van der Waals surface area contributed by atoms with Crippen molar-refractivity contribution in [2.24, 2.45) is 7.05 Å². The Balaban J connectivity index is 2.41. The summed E-state index contributed by atoms with van der Waals surface area (Å²) in [4.78, 5) is 11.1. The van der Waals surface area contributed by atoms with Crippen molar-refractivity contribution < 1.29 is 4.79 Å². The van der Waals surface area contributed by atoms with Crippen LogP contribution in [0.3, 0.4) is 0 Å². The number of aryl methyl sites for hydroxylation is 1. The summed E-state index contributed by atoms with van der Waals surface area (Å²) in [7, 11) is 1.90. The summed E-state index contributed by atoms with van der Waals surface area (Å²) in [6, 6.07) is 3.73. The molecule has 0 spiro atoms. The van der Waals surface area contributed by atoms with E-state index in [1.54, 1.807) is 0 Å². The quantitative estimate of drug-likeness (QED) is 0.671. The Bertz CT molecular complexity index is 335. The fraction of sp³-hybridized carbons (Fsp3) is 0.333. The van der Waals surface area contributed by atoms with Crippen LogP contribution < -0.4 is 5.32 Å². The van der Waals surface area contributed by atoms with Gasteiger partial charge in [0.05, 0.1) is 12.5 Å². The van der Waals surface area contributed by atoms with Crippen molar-refractivity contribution >= 4 is 5.91 Å². The lowest BCUT2D eigenvalue weighted by atomic mass is 10.2. The van der Waals surface area contributed by atoms with Gasteiger partial charge in [0.1, 0.15) is 6.54 Å². The number of hydrogen-bond donors (Lipinski definition) is 1. The Kier molecular flexibility index (Phi) is 3.09. The zero-order valence-electron chi connectivity index (χ0n) is 7.45. The molecule has 1 aromatic rings. The van der Waals surface area contributed by atoms with E-state index in [0.29, 0.717) is 6.42 Å². The molecule has 1 N–H and O–H groups in total. The van der Waals surface area contributed by atoms with E-state index in [1.807, 2.05) is 36.1 Å². The summed E-state index contributed by atoms with van der Waals surface area (Å²) >= 11 is 0. The predicted octanol–water partition coefficient (Wildman–Crippen LogP) is 0.207. The topological polar surface area (TPSA) is 57.8 Å². The van der Waals surface area contributed by atoms with Crippen LogP contribution in [0, 0.1) is 11.3 Å². The number of aromatic nitrogens is 1. The van der Waals surface area contributed by atoms with Crippen molar-refractivity contribution in [1.82, 2.24) is 9.88 Å². The first-order chi connectivity index (χ1) is 6.22. The monoisotopic (exact) mass is 177 g/mol. The zero-order valence-corrected chi connectivity index (χ0v) is 7.45. The number of nitrogens with zero attached hydrogens (tertiary/aromatic N) is 2. The van der Waals surface area contributed by atoms with Gasteiger partial charge in [-0.1, -0.05) is 0 Å². The highest BCUT2D eigenvalue weighted by atomic mass is 16.1. The van der Waals surface area contributed by atoms with Gasteiger partial charge in [-0.05, 0) is 11.6 Å². The van der Waals surface area contributed by atoms with Gasteiger partial charge < -0.3 is 9.88 Å². The molecule has 0 aliphatic rings. The lowest BCUT2D eigenvalue weighted by molar-refractivity contribution is -0.120. The van der Waals surface area contributed by atoms with Crippen LogP contribution in [0.4, 0.5) is 0 Å². The molecule has 0 atom stereocenters. The smallest absolute Gasteiger partial charge is 0.225 e. The molecule has 1 aromatic heterocycles. The van der Waals surface area contributed by atoms with Gasteiger partial charge in [-0.2, -0.15) is 5.26 Å². The average molecular weight is 177 g/mol. The highest BCUT2D eigenvalue weighted by molar-refractivity contribution is 5.78. The number of hydrogen-bond acceptors (Lipinski definition) is 2. The van der Waals surface area contributed by atoms with Crippen LogP contribution in [0.25, 0.3) is 0 Å². The minimum atomic E-state index is -0.118. The molecule has 1 rings (SSSR count). The summed E-state index contributed by atoms with van der Waals surface area (Å²) in [6.07, 6.45) is 4.10. The Labute approximate surface area is 76.8 Å². The number of amides is 1. The van der Waals surface area contributed by atoms with E-state index < -0.39 is 0 Å². The number of rotatable bonds is 3. The van der Waals surface area contributed by atoms with E-state index >= 15 is 0 Å². The zero-order chi connectivity index (χ0) is 9.68. The van der Waals surface area contributed by atoms with Crippen LogP contribution in [0.5, 0.6) is 0 Å². The normalized spacial score (nSPS) is 9.23. The average Bonchev–Trinajstić information content (AvgIpc) is 2.48. The molecule has 0 aliphatic carbocycles. The van der Waals surface area contributed by atoms with Crippen LogP contribution in [0.15, 0.2) is 18.5 Å². The first-order valence-electron chi connectivity index (χ1n) is 3.97. The molecule has 68 valence electrons. The lowest BCUT2D eigenvalue weighted by Crippen LogP contribution is -2.24. The van der Waals surface area contributed by atoms with Crippen LogP contribution in [-0.2, 0) is 18.3 Å². The van der Waals surface area contributed by atoms with Gasteiger partial charge in [0.15, 0.2) is 0 Å². The van der Waals surface area contributed by atoms with E-state index in [2.05, 4.69) is 5.32 Å². The molecule has 0 aromatic carbocycles. The van der Waals surface area contributed by atoms with Gasteiger partial charge in [0.2, 0.25) is 5.91 Å². The van der Waals surface area contributed by atoms with Crippen LogP contribution in [0.1, 0.15) is 5.56 Å². The molecular formula is C9H11N3O. The third-order valence-electron chi connectivity index (χ3n) is 1.62. The second-order valence-electron chi connectivity index (χ2n) is 2.80. The summed E-state index contributed by atoms with van der Waals surface area (Å²) < 4.78 is 1.88. The molecule has 0 saturated carbocycles. The van der Waals surface area contributed by atoms with Gasteiger partial charge in [0.25, 0.3) is 0 Å². The molecule has 13 heavy (non-hydrogen) atoms. The molecule has 0 radical (unpaired) electrons. The highest BCUT2D eigenvalue weighted by Crippen LogP contribution is 1.99. The van der Waals surface area contributed by atoms with Gasteiger partial charge in [0, 0.05) is 19.4 Å². The molecular weight excluding hydrogens is 166 g/mol. The Morgan fingerprint density at radius 3 is 3.08 bits per heavy atom. The molecule has 0 unspecified atom stereocenters. The van der Waals surface area contributed by atoms with Crippen molar-refractivity contribution in [3.05, 3.63) is 24.0 Å². The van der Waals surface area contributed by atoms with Crippen molar-refractivity contribution in [2.45, 2.75) is 6.42 Å². The predicted molar refractivity (Wildman–Crippen MR) is 47.7 cm³/mol. The standard InChI is InChI=1S/C9H11N3O/c1-12-5-2-8(7-12)6-9(13)11-4-3-10/h2,5,7H,4,6H2,1H3,(H,11,13). The SMILES string of the molecule is Cn1ccc(CC(=O)NCC#N)c1. The fourth-order valence-corrected chi connectivity index (χ4v) is 1.05. The van der Waals surface area contributed by atoms with Crippen molar-refractivity contribution in [3.8, 4) is 6.07 Å². The summed E-state index contributed by atoms with van der Waals surface area (Å²) in [5.41, 5.74) is 0.956. The molecule has 4 heteroatoms. The molecule has 4 nitrogen and oxygen atoms in total. The molecule has 1 heterocycles. The van der Waals surface area contributed by atoms with E-state index in [1.165, 1.54) is 0 Å². The van der Waals surface area contributed by atoms with E-state index in [4.69, 9.17) is 5.26 Å². The van der Waals surface area contributed by atoms with Crippen molar-refractivity contribution in [2.75, 3.05) is 6.54 Å². The number of nitrogens with one attached hydrogen (secondary N) is 1. The van der Waals surface area contributed by atoms with Gasteiger partial charge in [-0.15, -0.1) is 0 Å². The maximum Gasteiger partial charge on any atom is 0.225 e. The number of carbonyl (C=O) groups is 1. The first kappa shape index (κ1) is 9.33. The third-order valence-corrected chi connectivity index (χ3v) is 1.62. The molecule has 0 bridgehead atoms. The summed E-state index contributed by atoms with van der Waals surface area (Å²) in [6.45, 7) is 0.0751. The van der Waals surface area contributed by atoms with E-state index in [0.717, 1.165) is 5.56 Å². The van der Waals surface area contributed by atoms with Crippen molar-refractivity contribution in [3.63, 3.8) is 0 Å². The summed E-state index contributed by atoms with van der Waals surface area (Å²) in [5.74, 6) is -0.118. The Morgan fingerprint density at radius 1 is 1.77 bits per heavy atom. The number of nitriles is 1. The van der Waals surface area contributed by atoms with E-state index in [-0.39, 0.29) is 12.5 Å². The van der Waals surface area contributed by atoms with Gasteiger partial charge in [-0.25, -0.2) is 0 Å².